The summed E-state index contributed by atoms with van der Waals surface area (Å²) in [7, 11) is 0. The Labute approximate surface area is 114 Å². The Morgan fingerprint density at radius 1 is 1.56 bits per heavy atom. The third-order valence-electron chi connectivity index (χ3n) is 3.43. The molecule has 1 fully saturated rings. The van der Waals surface area contributed by atoms with Crippen LogP contribution in [0.25, 0.3) is 0 Å². The maximum absolute atomic E-state index is 5.46. The third-order valence-corrected chi connectivity index (χ3v) is 4.82. The van der Waals surface area contributed by atoms with E-state index < -0.39 is 0 Å². The zero-order valence-corrected chi connectivity index (χ0v) is 12.4. The highest BCUT2D eigenvalue weighted by molar-refractivity contribution is 7.10. The van der Waals surface area contributed by atoms with Gasteiger partial charge in [-0.15, -0.1) is 11.3 Å². The molecule has 1 aliphatic heterocycles. The predicted octanol–water partition coefficient (Wildman–Crippen LogP) is 1.91. The fourth-order valence-electron chi connectivity index (χ4n) is 2.46. The molecule has 0 amide bonds. The van der Waals surface area contributed by atoms with Gasteiger partial charge in [-0.05, 0) is 23.9 Å². The van der Waals surface area contributed by atoms with Crippen LogP contribution in [0.3, 0.4) is 0 Å². The van der Waals surface area contributed by atoms with Crippen molar-refractivity contribution in [2.75, 3.05) is 32.8 Å². The van der Waals surface area contributed by atoms with Crippen molar-refractivity contribution < 1.29 is 4.74 Å². The Balaban J connectivity index is 1.80. The van der Waals surface area contributed by atoms with Crippen molar-refractivity contribution in [3.63, 3.8) is 0 Å². The normalized spacial score (nSPS) is 21.2. The van der Waals surface area contributed by atoms with Crippen molar-refractivity contribution in [2.24, 2.45) is 0 Å². The summed E-state index contributed by atoms with van der Waals surface area (Å²) in [5, 5.41) is 9.23. The van der Waals surface area contributed by atoms with Crippen molar-refractivity contribution in [2.45, 2.75) is 32.2 Å². The lowest BCUT2D eigenvalue weighted by atomic mass is 9.89. The van der Waals surface area contributed by atoms with Crippen LogP contribution in [-0.4, -0.2) is 38.9 Å². The molecule has 0 aromatic carbocycles. The molecule has 0 saturated carbocycles. The highest BCUT2D eigenvalue weighted by Gasteiger charge is 2.24. The molecule has 4 heteroatoms. The quantitative estimate of drug-likeness (QED) is 0.856. The van der Waals surface area contributed by atoms with Gasteiger partial charge in [-0.1, -0.05) is 13.8 Å². The molecular weight excluding hydrogens is 244 g/mol. The van der Waals surface area contributed by atoms with Gasteiger partial charge in [0.25, 0.3) is 0 Å². The van der Waals surface area contributed by atoms with Crippen molar-refractivity contribution in [3.05, 3.63) is 21.9 Å². The van der Waals surface area contributed by atoms with Crippen molar-refractivity contribution >= 4 is 11.3 Å². The molecule has 0 radical (unpaired) electrons. The average Bonchev–Trinajstić information content (AvgIpc) is 2.77. The molecule has 2 rings (SSSR count). The van der Waals surface area contributed by atoms with E-state index in [1.165, 1.54) is 10.4 Å². The van der Waals surface area contributed by atoms with Crippen molar-refractivity contribution in [3.8, 4) is 0 Å². The predicted molar refractivity (Wildman–Crippen MR) is 77.6 cm³/mol. The van der Waals surface area contributed by atoms with Gasteiger partial charge in [0.2, 0.25) is 0 Å². The topological polar surface area (TPSA) is 33.3 Å². The smallest absolute Gasteiger partial charge is 0.0632 e. The summed E-state index contributed by atoms with van der Waals surface area (Å²) in [5.74, 6) is 0. The van der Waals surface area contributed by atoms with Crippen molar-refractivity contribution in [1.29, 1.82) is 0 Å². The van der Waals surface area contributed by atoms with Crippen molar-refractivity contribution in [1.82, 2.24) is 10.6 Å². The van der Waals surface area contributed by atoms with E-state index >= 15 is 0 Å². The maximum atomic E-state index is 5.46. The minimum atomic E-state index is 0.202. The number of rotatable bonds is 5. The third kappa shape index (κ3) is 3.54. The molecule has 1 aliphatic rings. The van der Waals surface area contributed by atoms with E-state index in [4.69, 9.17) is 4.74 Å². The van der Waals surface area contributed by atoms with Gasteiger partial charge in [0.15, 0.2) is 0 Å². The van der Waals surface area contributed by atoms with Crippen LogP contribution in [0.5, 0.6) is 0 Å². The Bertz CT molecular complexity index is 370. The average molecular weight is 268 g/mol. The van der Waals surface area contributed by atoms with E-state index in [-0.39, 0.29) is 5.41 Å². The van der Waals surface area contributed by atoms with Crippen LogP contribution in [0.2, 0.25) is 0 Å². The minimum absolute atomic E-state index is 0.202. The lowest BCUT2D eigenvalue weighted by molar-refractivity contribution is 0.0764. The summed E-state index contributed by atoms with van der Waals surface area (Å²) < 4.78 is 5.46. The number of thiophene rings is 1. The molecule has 102 valence electrons. The van der Waals surface area contributed by atoms with E-state index in [9.17, 15) is 0 Å². The first kappa shape index (κ1) is 14.0. The summed E-state index contributed by atoms with van der Waals surface area (Å²) >= 11 is 1.86. The first-order valence-corrected chi connectivity index (χ1v) is 7.54. The SMILES string of the molecule is Cc1ccsc1C(C)(C)CNCC1COCCN1. The van der Waals surface area contributed by atoms with E-state index in [1.807, 2.05) is 11.3 Å². The number of morpholine rings is 1. The number of aryl methyl sites for hydroxylation is 1. The van der Waals surface area contributed by atoms with Gasteiger partial charge < -0.3 is 15.4 Å². The van der Waals surface area contributed by atoms with Gasteiger partial charge in [0.1, 0.15) is 0 Å². The highest BCUT2D eigenvalue weighted by atomic mass is 32.1. The first-order chi connectivity index (χ1) is 8.59. The molecule has 1 atom stereocenters. The molecule has 0 bridgehead atoms. The molecule has 3 nitrogen and oxygen atoms in total. The molecule has 2 N–H and O–H groups in total. The van der Waals surface area contributed by atoms with Gasteiger partial charge in [-0.25, -0.2) is 0 Å². The zero-order valence-electron chi connectivity index (χ0n) is 11.6. The summed E-state index contributed by atoms with van der Waals surface area (Å²) in [5.41, 5.74) is 1.61. The molecule has 1 saturated heterocycles. The lowest BCUT2D eigenvalue weighted by Crippen LogP contribution is -2.48. The second kappa shape index (κ2) is 6.15. The summed E-state index contributed by atoms with van der Waals surface area (Å²) in [6.45, 7) is 11.4. The van der Waals surface area contributed by atoms with Gasteiger partial charge in [0, 0.05) is 36.0 Å². The Morgan fingerprint density at radius 3 is 3.00 bits per heavy atom. The van der Waals surface area contributed by atoms with E-state index in [0.717, 1.165) is 32.8 Å². The van der Waals surface area contributed by atoms with Gasteiger partial charge in [-0.2, -0.15) is 0 Å². The summed E-state index contributed by atoms with van der Waals surface area (Å²) in [4.78, 5) is 1.49. The standard InChI is InChI=1S/C14H24N2OS/c1-11-4-7-18-13(11)14(2,3)10-15-8-12-9-17-6-5-16-12/h4,7,12,15-16H,5-6,8-10H2,1-3H3. The van der Waals surface area contributed by atoms with Crippen LogP contribution in [-0.2, 0) is 10.2 Å². The van der Waals surface area contributed by atoms with Gasteiger partial charge in [0.05, 0.1) is 13.2 Å². The molecular formula is C14H24N2OS. The molecule has 1 aromatic rings. The zero-order chi connectivity index (χ0) is 13.0. The highest BCUT2D eigenvalue weighted by Crippen LogP contribution is 2.30. The van der Waals surface area contributed by atoms with E-state index in [2.05, 4.69) is 42.9 Å². The number of ether oxygens (including phenoxy) is 1. The molecule has 2 heterocycles. The largest absolute Gasteiger partial charge is 0.378 e. The lowest BCUT2D eigenvalue weighted by Gasteiger charge is -2.28. The summed E-state index contributed by atoms with van der Waals surface area (Å²) in [6, 6.07) is 2.66. The Kier molecular flexibility index (Phi) is 4.78. The number of nitrogens with one attached hydrogen (secondary N) is 2. The van der Waals surface area contributed by atoms with Crippen LogP contribution < -0.4 is 10.6 Å². The van der Waals surface area contributed by atoms with Crippen LogP contribution in [0.4, 0.5) is 0 Å². The summed E-state index contributed by atoms with van der Waals surface area (Å²) in [6.07, 6.45) is 0. The van der Waals surface area contributed by atoms with Crippen LogP contribution >= 0.6 is 11.3 Å². The van der Waals surface area contributed by atoms with Crippen LogP contribution in [0.15, 0.2) is 11.4 Å². The second-order valence-corrected chi connectivity index (χ2v) is 6.59. The fourth-order valence-corrected chi connectivity index (χ4v) is 3.51. The first-order valence-electron chi connectivity index (χ1n) is 6.66. The van der Waals surface area contributed by atoms with Gasteiger partial charge in [-0.3, -0.25) is 0 Å². The Hall–Kier alpha value is -0.420. The monoisotopic (exact) mass is 268 g/mol. The molecule has 18 heavy (non-hydrogen) atoms. The van der Waals surface area contributed by atoms with Crippen LogP contribution in [0.1, 0.15) is 24.3 Å². The van der Waals surface area contributed by atoms with Gasteiger partial charge >= 0.3 is 0 Å². The molecule has 0 spiro atoms. The van der Waals surface area contributed by atoms with Crippen LogP contribution in [0, 0.1) is 6.92 Å². The van der Waals surface area contributed by atoms with E-state index in [0.29, 0.717) is 6.04 Å². The molecule has 0 aliphatic carbocycles. The van der Waals surface area contributed by atoms with E-state index in [1.54, 1.807) is 0 Å². The Morgan fingerprint density at radius 2 is 2.39 bits per heavy atom. The minimum Gasteiger partial charge on any atom is -0.378 e. The number of hydrogen-bond donors (Lipinski definition) is 2. The maximum Gasteiger partial charge on any atom is 0.0632 e. The molecule has 1 aromatic heterocycles. The fraction of sp³-hybridized carbons (Fsp3) is 0.714. The molecule has 1 unspecified atom stereocenters. The number of hydrogen-bond acceptors (Lipinski definition) is 4. The second-order valence-electron chi connectivity index (χ2n) is 5.67.